The highest BCUT2D eigenvalue weighted by Crippen LogP contribution is 2.23. The van der Waals surface area contributed by atoms with E-state index in [9.17, 15) is 9.59 Å². The van der Waals surface area contributed by atoms with Crippen LogP contribution in [0.3, 0.4) is 0 Å². The summed E-state index contributed by atoms with van der Waals surface area (Å²) in [5, 5.41) is 9.00. The van der Waals surface area contributed by atoms with Crippen molar-refractivity contribution < 1.29 is 19.4 Å². The Balaban J connectivity index is 2.26. The number of benzene rings is 1. The van der Waals surface area contributed by atoms with Gasteiger partial charge in [-0.2, -0.15) is 0 Å². The highest BCUT2D eigenvalue weighted by Gasteiger charge is 2.12. The summed E-state index contributed by atoms with van der Waals surface area (Å²) < 4.78 is 5.40. The van der Waals surface area contributed by atoms with Crippen LogP contribution in [0, 0.1) is 0 Å². The Hall–Kier alpha value is -2.69. The van der Waals surface area contributed by atoms with Crippen molar-refractivity contribution >= 4 is 11.8 Å². The minimum Gasteiger partial charge on any atom is -0.477 e. The minimum atomic E-state index is -1.11. The molecule has 1 heterocycles. The molecule has 5 nitrogen and oxygen atoms in total. The van der Waals surface area contributed by atoms with Gasteiger partial charge in [-0.25, -0.2) is 9.78 Å². The fraction of sp³-hybridized carbons (Fsp3) is 0.0714. The third-order valence-corrected chi connectivity index (χ3v) is 2.48. The fourth-order valence-corrected chi connectivity index (χ4v) is 1.50. The number of nitrogens with zero attached hydrogens (tertiary/aromatic N) is 1. The van der Waals surface area contributed by atoms with Crippen molar-refractivity contribution in [2.24, 2.45) is 0 Å². The average molecular weight is 257 g/mol. The van der Waals surface area contributed by atoms with Crippen molar-refractivity contribution in [2.75, 3.05) is 0 Å². The van der Waals surface area contributed by atoms with Crippen molar-refractivity contribution in [1.29, 1.82) is 0 Å². The maximum absolute atomic E-state index is 11.1. The number of ketones is 1. The summed E-state index contributed by atoms with van der Waals surface area (Å²) in [6.45, 7) is 1.47. The number of carbonyl (C=O) groups excluding carboxylic acids is 1. The number of aromatic nitrogens is 1. The van der Waals surface area contributed by atoms with E-state index in [-0.39, 0.29) is 17.2 Å². The van der Waals surface area contributed by atoms with E-state index in [4.69, 9.17) is 9.84 Å². The second kappa shape index (κ2) is 5.30. The molecule has 5 heteroatoms. The van der Waals surface area contributed by atoms with Gasteiger partial charge in [0.25, 0.3) is 0 Å². The van der Waals surface area contributed by atoms with Gasteiger partial charge < -0.3 is 9.84 Å². The molecule has 1 aromatic heterocycles. The number of carbonyl (C=O) groups is 2. The van der Waals surface area contributed by atoms with Crippen LogP contribution in [0.25, 0.3) is 0 Å². The molecule has 0 aliphatic carbocycles. The number of hydrogen-bond donors (Lipinski definition) is 1. The predicted octanol–water partition coefficient (Wildman–Crippen LogP) is 2.77. The molecule has 0 amide bonds. The van der Waals surface area contributed by atoms with Gasteiger partial charge in [0.1, 0.15) is 11.3 Å². The molecule has 2 aromatic rings. The molecular formula is C14H11NO4. The Morgan fingerprint density at radius 1 is 1.16 bits per heavy atom. The van der Waals surface area contributed by atoms with Crippen molar-refractivity contribution in [3.8, 4) is 11.6 Å². The van der Waals surface area contributed by atoms with Gasteiger partial charge in [0.2, 0.25) is 5.88 Å². The summed E-state index contributed by atoms with van der Waals surface area (Å²) in [4.78, 5) is 26.0. The Kier molecular flexibility index (Phi) is 3.56. The second-order valence-corrected chi connectivity index (χ2v) is 3.84. The lowest BCUT2D eigenvalue weighted by Crippen LogP contribution is -2.01. The van der Waals surface area contributed by atoms with Gasteiger partial charge in [-0.3, -0.25) is 4.79 Å². The van der Waals surface area contributed by atoms with Gasteiger partial charge in [0.05, 0.1) is 0 Å². The first kappa shape index (κ1) is 12.8. The number of rotatable bonds is 4. The average Bonchev–Trinajstić information content (AvgIpc) is 2.39. The van der Waals surface area contributed by atoms with Gasteiger partial charge >= 0.3 is 5.97 Å². The summed E-state index contributed by atoms with van der Waals surface area (Å²) in [5.74, 6) is -0.712. The number of pyridine rings is 1. The van der Waals surface area contributed by atoms with Crippen LogP contribution < -0.4 is 4.74 Å². The lowest BCUT2D eigenvalue weighted by atomic mass is 10.1. The van der Waals surface area contributed by atoms with E-state index < -0.39 is 5.97 Å². The third-order valence-electron chi connectivity index (χ3n) is 2.48. The van der Waals surface area contributed by atoms with E-state index in [0.29, 0.717) is 11.3 Å². The summed E-state index contributed by atoms with van der Waals surface area (Å²) in [6, 6.07) is 9.35. The monoisotopic (exact) mass is 257 g/mol. The first-order valence-electron chi connectivity index (χ1n) is 5.55. The smallest absolute Gasteiger partial charge is 0.341 e. The molecule has 0 radical (unpaired) electrons. The number of aromatic carboxylic acids is 1. The topological polar surface area (TPSA) is 76.5 Å². The molecule has 0 saturated carbocycles. The molecular weight excluding hydrogens is 246 g/mol. The van der Waals surface area contributed by atoms with Gasteiger partial charge in [0.15, 0.2) is 5.78 Å². The predicted molar refractivity (Wildman–Crippen MR) is 67.7 cm³/mol. The van der Waals surface area contributed by atoms with Crippen LogP contribution in [0.5, 0.6) is 11.6 Å². The molecule has 0 bridgehead atoms. The van der Waals surface area contributed by atoms with E-state index in [2.05, 4.69) is 4.98 Å². The quantitative estimate of drug-likeness (QED) is 0.852. The van der Waals surface area contributed by atoms with Crippen LogP contribution in [0.1, 0.15) is 27.6 Å². The van der Waals surface area contributed by atoms with Crippen LogP contribution in [0.15, 0.2) is 42.6 Å². The first-order valence-corrected chi connectivity index (χ1v) is 5.55. The van der Waals surface area contributed by atoms with Gasteiger partial charge in [-0.05, 0) is 43.3 Å². The molecule has 0 spiro atoms. The SMILES string of the molecule is CC(=O)c1ccc(Oc2ncccc2C(=O)O)cc1. The second-order valence-electron chi connectivity index (χ2n) is 3.84. The summed E-state index contributed by atoms with van der Waals surface area (Å²) in [6.07, 6.45) is 1.45. The summed E-state index contributed by atoms with van der Waals surface area (Å²) >= 11 is 0. The molecule has 0 unspecified atom stereocenters. The number of Topliss-reactive ketones (excluding diaryl/α,β-unsaturated/α-hetero) is 1. The van der Waals surface area contributed by atoms with E-state index >= 15 is 0 Å². The third kappa shape index (κ3) is 2.95. The van der Waals surface area contributed by atoms with Crippen LogP contribution in [-0.4, -0.2) is 21.8 Å². The zero-order valence-electron chi connectivity index (χ0n) is 10.2. The van der Waals surface area contributed by atoms with E-state index in [0.717, 1.165) is 0 Å². The number of hydrogen-bond acceptors (Lipinski definition) is 4. The molecule has 2 rings (SSSR count). The molecule has 1 N–H and O–H groups in total. The van der Waals surface area contributed by atoms with E-state index in [1.54, 1.807) is 24.3 Å². The normalized spacial score (nSPS) is 9.95. The molecule has 0 aliphatic heterocycles. The van der Waals surface area contributed by atoms with E-state index in [1.165, 1.54) is 25.3 Å². The summed E-state index contributed by atoms with van der Waals surface area (Å²) in [5.41, 5.74) is 0.546. The molecule has 0 aliphatic rings. The fourth-order valence-electron chi connectivity index (χ4n) is 1.50. The molecule has 0 fully saturated rings. The number of ether oxygens (including phenoxy) is 1. The van der Waals surface area contributed by atoms with Gasteiger partial charge in [-0.15, -0.1) is 0 Å². The highest BCUT2D eigenvalue weighted by molar-refractivity contribution is 5.94. The largest absolute Gasteiger partial charge is 0.477 e. The maximum Gasteiger partial charge on any atom is 0.341 e. The molecule has 0 saturated heterocycles. The van der Waals surface area contributed by atoms with Crippen LogP contribution >= 0.6 is 0 Å². The van der Waals surface area contributed by atoms with Crippen LogP contribution in [0.2, 0.25) is 0 Å². The first-order chi connectivity index (χ1) is 9.08. The zero-order valence-corrected chi connectivity index (χ0v) is 10.2. The lowest BCUT2D eigenvalue weighted by Gasteiger charge is -2.07. The van der Waals surface area contributed by atoms with Crippen LogP contribution in [0.4, 0.5) is 0 Å². The molecule has 19 heavy (non-hydrogen) atoms. The van der Waals surface area contributed by atoms with E-state index in [1.807, 2.05) is 0 Å². The Morgan fingerprint density at radius 2 is 1.84 bits per heavy atom. The zero-order chi connectivity index (χ0) is 13.8. The molecule has 1 aromatic carbocycles. The number of carboxylic acids is 1. The van der Waals surface area contributed by atoms with Crippen LogP contribution in [-0.2, 0) is 0 Å². The van der Waals surface area contributed by atoms with Crippen molar-refractivity contribution in [3.05, 3.63) is 53.7 Å². The van der Waals surface area contributed by atoms with Gasteiger partial charge in [0, 0.05) is 11.8 Å². The minimum absolute atomic E-state index is 0.0156. The molecule has 0 atom stereocenters. The molecule has 96 valence electrons. The lowest BCUT2D eigenvalue weighted by molar-refractivity contribution is 0.0693. The summed E-state index contributed by atoms with van der Waals surface area (Å²) in [7, 11) is 0. The van der Waals surface area contributed by atoms with Gasteiger partial charge in [-0.1, -0.05) is 0 Å². The number of carboxylic acid groups (broad SMARTS) is 1. The highest BCUT2D eigenvalue weighted by atomic mass is 16.5. The standard InChI is InChI=1S/C14H11NO4/c1-9(16)10-4-6-11(7-5-10)19-13-12(14(17)18)3-2-8-15-13/h2-8H,1H3,(H,17,18). The van der Waals surface area contributed by atoms with Crippen molar-refractivity contribution in [3.63, 3.8) is 0 Å². The van der Waals surface area contributed by atoms with Crippen molar-refractivity contribution in [2.45, 2.75) is 6.92 Å². The maximum atomic E-state index is 11.1. The Morgan fingerprint density at radius 3 is 2.42 bits per heavy atom. The Bertz CT molecular complexity index is 620. The van der Waals surface area contributed by atoms with Crippen molar-refractivity contribution in [1.82, 2.24) is 4.98 Å². The Labute approximate surface area is 109 Å².